The van der Waals surface area contributed by atoms with Crippen LogP contribution in [0, 0.1) is 0 Å². The van der Waals surface area contributed by atoms with E-state index in [9.17, 15) is 0 Å². The Morgan fingerprint density at radius 2 is 1.90 bits per heavy atom. The zero-order valence-corrected chi connectivity index (χ0v) is 19.6. The predicted octanol–water partition coefficient (Wildman–Crippen LogP) is 4.11. The predicted molar refractivity (Wildman–Crippen MR) is 122 cm³/mol. The maximum atomic E-state index is 5.44. The number of fused-ring (bicyclic) bond motifs is 5. The van der Waals surface area contributed by atoms with E-state index in [1.54, 1.807) is 31.9 Å². The van der Waals surface area contributed by atoms with Crippen LogP contribution in [-0.4, -0.2) is 39.3 Å². The molecule has 0 amide bonds. The summed E-state index contributed by atoms with van der Waals surface area (Å²) in [5, 5.41) is 9.63. The molecule has 0 atom stereocenters. The Balaban J connectivity index is 1.61. The molecule has 31 heavy (non-hydrogen) atoms. The van der Waals surface area contributed by atoms with Gasteiger partial charge in [-0.15, -0.1) is 16.4 Å². The first-order chi connectivity index (χ1) is 14.7. The van der Waals surface area contributed by atoms with Gasteiger partial charge in [-0.25, -0.2) is 14.5 Å². The van der Waals surface area contributed by atoms with Gasteiger partial charge in [-0.3, -0.25) is 0 Å². The largest absolute Gasteiger partial charge is 0.493 e. The number of nitrogens with one attached hydrogen (secondary N) is 1. The molecule has 8 heteroatoms. The van der Waals surface area contributed by atoms with Crippen molar-refractivity contribution in [2.75, 3.05) is 14.2 Å². The maximum absolute atomic E-state index is 5.44. The van der Waals surface area contributed by atoms with Gasteiger partial charge >= 0.3 is 0 Å². The van der Waals surface area contributed by atoms with Gasteiger partial charge in [0.1, 0.15) is 11.2 Å². The van der Waals surface area contributed by atoms with Crippen LogP contribution in [0.1, 0.15) is 49.5 Å². The number of nitrogens with zero attached hydrogens (tertiary/aromatic N) is 4. The summed E-state index contributed by atoms with van der Waals surface area (Å²) in [4.78, 5) is 12.0. The Morgan fingerprint density at radius 3 is 2.65 bits per heavy atom. The summed E-state index contributed by atoms with van der Waals surface area (Å²) in [5.41, 5.74) is 3.18. The van der Waals surface area contributed by atoms with Gasteiger partial charge in [0.05, 0.1) is 19.6 Å². The van der Waals surface area contributed by atoms with E-state index < -0.39 is 0 Å². The standard InChI is InChI=1S/C23H27N5O2S/c1-22(2)11-14-18-20-25-17(10-13-7-8-15(29-5)16(9-13)30-6)26-28(20)12-24-21(18)31-19(14)23(3,4)27-22/h7-9,12,27H,10-11H2,1-6H3. The highest BCUT2D eigenvalue weighted by molar-refractivity contribution is 7.19. The highest BCUT2D eigenvalue weighted by atomic mass is 32.1. The third-order valence-electron chi connectivity index (χ3n) is 5.82. The molecule has 4 heterocycles. The summed E-state index contributed by atoms with van der Waals surface area (Å²) in [6.45, 7) is 8.99. The second kappa shape index (κ2) is 6.90. The summed E-state index contributed by atoms with van der Waals surface area (Å²) >= 11 is 1.76. The Bertz CT molecular complexity index is 1300. The Morgan fingerprint density at radius 1 is 1.13 bits per heavy atom. The van der Waals surface area contributed by atoms with Crippen molar-refractivity contribution in [2.45, 2.75) is 51.6 Å². The van der Waals surface area contributed by atoms with Crippen LogP contribution in [0.2, 0.25) is 0 Å². The van der Waals surface area contributed by atoms with E-state index in [0.717, 1.165) is 33.7 Å². The molecule has 0 bridgehead atoms. The minimum absolute atomic E-state index is 0.000164. The second-order valence-electron chi connectivity index (χ2n) is 9.31. The fourth-order valence-corrected chi connectivity index (χ4v) is 6.02. The van der Waals surface area contributed by atoms with E-state index in [-0.39, 0.29) is 11.1 Å². The lowest BCUT2D eigenvalue weighted by Crippen LogP contribution is -2.54. The fourth-order valence-electron chi connectivity index (χ4n) is 4.81. The third-order valence-corrected chi connectivity index (χ3v) is 7.28. The molecule has 1 aliphatic rings. The van der Waals surface area contributed by atoms with Crippen molar-refractivity contribution in [3.05, 3.63) is 46.4 Å². The number of benzene rings is 1. The Labute approximate surface area is 185 Å². The molecule has 162 valence electrons. The summed E-state index contributed by atoms with van der Waals surface area (Å²) in [6, 6.07) is 5.90. The molecular formula is C23H27N5O2S. The van der Waals surface area contributed by atoms with Gasteiger partial charge in [0.25, 0.3) is 0 Å². The smallest absolute Gasteiger partial charge is 0.167 e. The first kappa shape index (κ1) is 20.2. The molecule has 4 aromatic rings. The number of rotatable bonds is 4. The summed E-state index contributed by atoms with van der Waals surface area (Å²) < 4.78 is 12.6. The van der Waals surface area contributed by atoms with E-state index in [0.29, 0.717) is 17.9 Å². The van der Waals surface area contributed by atoms with Crippen molar-refractivity contribution in [1.29, 1.82) is 0 Å². The summed E-state index contributed by atoms with van der Waals surface area (Å²) in [5.74, 6) is 2.18. The van der Waals surface area contributed by atoms with E-state index in [1.165, 1.54) is 10.4 Å². The average molecular weight is 438 g/mol. The van der Waals surface area contributed by atoms with Crippen LogP contribution < -0.4 is 14.8 Å². The monoisotopic (exact) mass is 437 g/mol. The van der Waals surface area contributed by atoms with Crippen LogP contribution in [0.3, 0.4) is 0 Å². The molecule has 0 saturated carbocycles. The lowest BCUT2D eigenvalue weighted by molar-refractivity contribution is 0.248. The quantitative estimate of drug-likeness (QED) is 0.518. The van der Waals surface area contributed by atoms with Crippen molar-refractivity contribution in [2.24, 2.45) is 0 Å². The minimum Gasteiger partial charge on any atom is -0.493 e. The van der Waals surface area contributed by atoms with Crippen molar-refractivity contribution >= 4 is 27.2 Å². The first-order valence-corrected chi connectivity index (χ1v) is 11.2. The summed E-state index contributed by atoms with van der Waals surface area (Å²) in [7, 11) is 3.28. The molecule has 1 aliphatic heterocycles. The van der Waals surface area contributed by atoms with Crippen molar-refractivity contribution < 1.29 is 9.47 Å². The van der Waals surface area contributed by atoms with E-state index in [2.05, 4.69) is 33.0 Å². The average Bonchev–Trinajstić information content (AvgIpc) is 3.27. The van der Waals surface area contributed by atoms with Crippen LogP contribution in [0.4, 0.5) is 0 Å². The van der Waals surface area contributed by atoms with E-state index >= 15 is 0 Å². The molecule has 0 spiro atoms. The van der Waals surface area contributed by atoms with Crippen LogP contribution in [0.25, 0.3) is 15.9 Å². The van der Waals surface area contributed by atoms with Gasteiger partial charge < -0.3 is 14.8 Å². The highest BCUT2D eigenvalue weighted by Crippen LogP contribution is 2.44. The van der Waals surface area contributed by atoms with Crippen molar-refractivity contribution in [3.63, 3.8) is 0 Å². The molecule has 0 fully saturated rings. The Hall–Kier alpha value is -2.71. The lowest BCUT2D eigenvalue weighted by Gasteiger charge is -2.42. The zero-order valence-electron chi connectivity index (χ0n) is 18.7. The Kier molecular flexibility index (Phi) is 4.50. The molecule has 1 aromatic carbocycles. The number of aromatic nitrogens is 4. The zero-order chi connectivity index (χ0) is 22.0. The second-order valence-corrected chi connectivity index (χ2v) is 10.3. The van der Waals surface area contributed by atoms with Gasteiger partial charge in [0.15, 0.2) is 23.0 Å². The van der Waals surface area contributed by atoms with Gasteiger partial charge in [-0.2, -0.15) is 0 Å². The number of hydrogen-bond acceptors (Lipinski definition) is 7. The maximum Gasteiger partial charge on any atom is 0.167 e. The number of methoxy groups -OCH3 is 2. The van der Waals surface area contributed by atoms with E-state index in [1.807, 2.05) is 22.7 Å². The first-order valence-electron chi connectivity index (χ1n) is 10.4. The van der Waals surface area contributed by atoms with Gasteiger partial charge in [0.2, 0.25) is 0 Å². The number of thiophene rings is 1. The normalized spacial score (nSPS) is 17.1. The molecule has 0 aliphatic carbocycles. The van der Waals surface area contributed by atoms with Crippen LogP contribution in [0.15, 0.2) is 24.5 Å². The highest BCUT2D eigenvalue weighted by Gasteiger charge is 2.39. The van der Waals surface area contributed by atoms with Crippen molar-refractivity contribution in [1.82, 2.24) is 24.9 Å². The molecule has 0 saturated heterocycles. The van der Waals surface area contributed by atoms with Gasteiger partial charge in [-0.1, -0.05) is 6.07 Å². The van der Waals surface area contributed by atoms with Crippen LogP contribution >= 0.6 is 11.3 Å². The van der Waals surface area contributed by atoms with Crippen molar-refractivity contribution in [3.8, 4) is 11.5 Å². The van der Waals surface area contributed by atoms with Gasteiger partial charge in [-0.05, 0) is 57.4 Å². The van der Waals surface area contributed by atoms with Crippen LogP contribution in [-0.2, 0) is 18.4 Å². The topological polar surface area (TPSA) is 73.6 Å². The van der Waals surface area contributed by atoms with E-state index in [4.69, 9.17) is 24.5 Å². The molecular weight excluding hydrogens is 410 g/mol. The molecule has 3 aromatic heterocycles. The molecule has 0 unspecified atom stereocenters. The van der Waals surface area contributed by atoms with Gasteiger partial charge in [0, 0.05) is 22.4 Å². The fraction of sp³-hybridized carbons (Fsp3) is 0.435. The lowest BCUT2D eigenvalue weighted by atomic mass is 9.82. The number of ether oxygens (including phenoxy) is 2. The SMILES string of the molecule is COc1ccc(Cc2nc3c4c5c(sc4ncn3n2)C(C)(C)NC(C)(C)C5)cc1OC. The molecule has 0 radical (unpaired) electrons. The van der Waals surface area contributed by atoms with Crippen LogP contribution in [0.5, 0.6) is 11.5 Å². The minimum atomic E-state index is -0.109. The molecule has 7 nitrogen and oxygen atoms in total. The molecule has 5 rings (SSSR count). The number of hydrogen-bond donors (Lipinski definition) is 1. The summed E-state index contributed by atoms with van der Waals surface area (Å²) in [6.07, 6.45) is 3.32. The molecule has 1 N–H and O–H groups in total. The third kappa shape index (κ3) is 3.34.